The van der Waals surface area contributed by atoms with E-state index in [0.29, 0.717) is 17.7 Å². The van der Waals surface area contributed by atoms with E-state index in [9.17, 15) is 14.0 Å². The first kappa shape index (κ1) is 17.5. The molecule has 0 aromatic heterocycles. The Labute approximate surface area is 139 Å². The number of anilines is 1. The lowest BCUT2D eigenvalue weighted by Gasteiger charge is -2.09. The lowest BCUT2D eigenvalue weighted by atomic mass is 10.2. The maximum Gasteiger partial charge on any atom is 0.337 e. The number of amides is 1. The molecule has 24 heavy (non-hydrogen) atoms. The molecule has 0 spiro atoms. The highest BCUT2D eigenvalue weighted by Gasteiger charge is 2.07. The SMILES string of the molecule is COC(=O)c1cccc(NCCC(=O)NCc2ccccc2F)c1. The van der Waals surface area contributed by atoms with Gasteiger partial charge in [0.2, 0.25) is 5.91 Å². The van der Waals surface area contributed by atoms with Crippen LogP contribution in [-0.4, -0.2) is 25.5 Å². The largest absolute Gasteiger partial charge is 0.465 e. The third kappa shape index (κ3) is 5.08. The van der Waals surface area contributed by atoms with Crippen LogP contribution < -0.4 is 10.6 Å². The van der Waals surface area contributed by atoms with Gasteiger partial charge in [0, 0.05) is 30.8 Å². The Morgan fingerprint density at radius 2 is 1.92 bits per heavy atom. The third-order valence-electron chi connectivity index (χ3n) is 3.40. The molecule has 0 aliphatic carbocycles. The Bertz CT molecular complexity index is 719. The van der Waals surface area contributed by atoms with Crippen LogP contribution in [0.1, 0.15) is 22.3 Å². The zero-order valence-electron chi connectivity index (χ0n) is 13.3. The zero-order chi connectivity index (χ0) is 17.4. The molecule has 0 heterocycles. The molecule has 0 radical (unpaired) electrons. The first-order chi connectivity index (χ1) is 11.6. The van der Waals surface area contributed by atoms with Gasteiger partial charge in [-0.2, -0.15) is 0 Å². The lowest BCUT2D eigenvalue weighted by molar-refractivity contribution is -0.121. The fourth-order valence-corrected chi connectivity index (χ4v) is 2.12. The number of hydrogen-bond donors (Lipinski definition) is 2. The summed E-state index contributed by atoms with van der Waals surface area (Å²) in [5.74, 6) is -0.938. The molecule has 2 aromatic carbocycles. The highest BCUT2D eigenvalue weighted by Crippen LogP contribution is 2.11. The van der Waals surface area contributed by atoms with Gasteiger partial charge in [0.1, 0.15) is 5.82 Å². The van der Waals surface area contributed by atoms with Crippen LogP contribution in [0.25, 0.3) is 0 Å². The minimum absolute atomic E-state index is 0.156. The molecule has 0 aliphatic rings. The molecular weight excluding hydrogens is 311 g/mol. The van der Waals surface area contributed by atoms with Crippen molar-refractivity contribution in [1.29, 1.82) is 0 Å². The van der Waals surface area contributed by atoms with Gasteiger partial charge >= 0.3 is 5.97 Å². The van der Waals surface area contributed by atoms with E-state index in [-0.39, 0.29) is 24.7 Å². The van der Waals surface area contributed by atoms with E-state index >= 15 is 0 Å². The van der Waals surface area contributed by atoms with Crippen LogP contribution in [0.5, 0.6) is 0 Å². The Balaban J connectivity index is 1.77. The molecule has 1 amide bonds. The van der Waals surface area contributed by atoms with Crippen molar-refractivity contribution < 1.29 is 18.7 Å². The van der Waals surface area contributed by atoms with Crippen LogP contribution in [-0.2, 0) is 16.1 Å². The number of benzene rings is 2. The molecule has 5 nitrogen and oxygen atoms in total. The Morgan fingerprint density at radius 1 is 1.12 bits per heavy atom. The van der Waals surface area contributed by atoms with Crippen LogP contribution in [0.4, 0.5) is 10.1 Å². The van der Waals surface area contributed by atoms with Gasteiger partial charge in [0.15, 0.2) is 0 Å². The summed E-state index contributed by atoms with van der Waals surface area (Å²) in [5, 5.41) is 5.73. The Kier molecular flexibility index (Phi) is 6.31. The second-order valence-electron chi connectivity index (χ2n) is 5.12. The van der Waals surface area contributed by atoms with E-state index in [1.165, 1.54) is 13.2 Å². The van der Waals surface area contributed by atoms with Crippen LogP contribution in [0.3, 0.4) is 0 Å². The van der Waals surface area contributed by atoms with Gasteiger partial charge in [-0.25, -0.2) is 9.18 Å². The van der Waals surface area contributed by atoms with Crippen molar-refractivity contribution in [1.82, 2.24) is 5.32 Å². The fraction of sp³-hybridized carbons (Fsp3) is 0.222. The molecule has 2 aromatic rings. The molecule has 0 aliphatic heterocycles. The summed E-state index contributed by atoms with van der Waals surface area (Å²) in [5.41, 5.74) is 1.61. The monoisotopic (exact) mass is 330 g/mol. The minimum Gasteiger partial charge on any atom is -0.465 e. The van der Waals surface area contributed by atoms with Gasteiger partial charge in [0.25, 0.3) is 0 Å². The number of ether oxygens (including phenoxy) is 1. The number of nitrogens with one attached hydrogen (secondary N) is 2. The van der Waals surface area contributed by atoms with Crippen molar-refractivity contribution in [2.24, 2.45) is 0 Å². The van der Waals surface area contributed by atoms with E-state index in [2.05, 4.69) is 15.4 Å². The Morgan fingerprint density at radius 3 is 2.67 bits per heavy atom. The van der Waals surface area contributed by atoms with Crippen molar-refractivity contribution in [3.63, 3.8) is 0 Å². The number of methoxy groups -OCH3 is 1. The number of rotatable bonds is 7. The first-order valence-corrected chi connectivity index (χ1v) is 7.52. The van der Waals surface area contributed by atoms with Crippen LogP contribution in [0.2, 0.25) is 0 Å². The van der Waals surface area contributed by atoms with Gasteiger partial charge in [-0.1, -0.05) is 24.3 Å². The molecule has 0 saturated heterocycles. The van der Waals surface area contributed by atoms with Crippen LogP contribution in [0.15, 0.2) is 48.5 Å². The molecule has 0 unspecified atom stereocenters. The van der Waals surface area contributed by atoms with Crippen molar-refractivity contribution in [2.45, 2.75) is 13.0 Å². The zero-order valence-corrected chi connectivity index (χ0v) is 13.3. The number of carbonyl (C=O) groups is 2. The average molecular weight is 330 g/mol. The molecule has 126 valence electrons. The average Bonchev–Trinajstić information content (AvgIpc) is 2.60. The molecule has 0 saturated carbocycles. The van der Waals surface area contributed by atoms with E-state index in [4.69, 9.17) is 0 Å². The number of carbonyl (C=O) groups excluding carboxylic acids is 2. The summed E-state index contributed by atoms with van der Waals surface area (Å²) in [7, 11) is 1.32. The molecular formula is C18H19FN2O3. The topological polar surface area (TPSA) is 67.4 Å². The van der Waals surface area contributed by atoms with Gasteiger partial charge in [0.05, 0.1) is 12.7 Å². The second kappa shape index (κ2) is 8.67. The predicted octanol–water partition coefficient (Wildman–Crippen LogP) is 2.73. The Hall–Kier alpha value is -2.89. The second-order valence-corrected chi connectivity index (χ2v) is 5.12. The van der Waals surface area contributed by atoms with E-state index < -0.39 is 5.97 Å². The van der Waals surface area contributed by atoms with E-state index in [1.807, 2.05) is 0 Å². The van der Waals surface area contributed by atoms with Gasteiger partial charge in [-0.15, -0.1) is 0 Å². The number of halogens is 1. The summed E-state index contributed by atoms with van der Waals surface area (Å²) < 4.78 is 18.1. The molecule has 6 heteroatoms. The maximum absolute atomic E-state index is 13.4. The predicted molar refractivity (Wildman–Crippen MR) is 89.1 cm³/mol. The highest BCUT2D eigenvalue weighted by atomic mass is 19.1. The molecule has 2 rings (SSSR count). The minimum atomic E-state index is -0.415. The molecule has 0 atom stereocenters. The summed E-state index contributed by atoms with van der Waals surface area (Å²) in [6.07, 6.45) is 0.233. The summed E-state index contributed by atoms with van der Waals surface area (Å²) >= 11 is 0. The number of esters is 1. The van der Waals surface area contributed by atoms with E-state index in [0.717, 1.165) is 5.69 Å². The summed E-state index contributed by atoms with van der Waals surface area (Å²) in [4.78, 5) is 23.2. The van der Waals surface area contributed by atoms with Crippen molar-refractivity contribution in [3.05, 3.63) is 65.5 Å². The quantitative estimate of drug-likeness (QED) is 0.766. The van der Waals surface area contributed by atoms with E-state index in [1.54, 1.807) is 42.5 Å². The third-order valence-corrected chi connectivity index (χ3v) is 3.40. The van der Waals surface area contributed by atoms with Crippen molar-refractivity contribution in [3.8, 4) is 0 Å². The molecule has 0 bridgehead atoms. The maximum atomic E-state index is 13.4. The normalized spacial score (nSPS) is 10.1. The lowest BCUT2D eigenvalue weighted by Crippen LogP contribution is -2.25. The first-order valence-electron chi connectivity index (χ1n) is 7.52. The smallest absolute Gasteiger partial charge is 0.337 e. The highest BCUT2D eigenvalue weighted by molar-refractivity contribution is 5.90. The summed E-state index contributed by atoms with van der Waals surface area (Å²) in [6, 6.07) is 13.1. The summed E-state index contributed by atoms with van der Waals surface area (Å²) in [6.45, 7) is 0.553. The van der Waals surface area contributed by atoms with Gasteiger partial charge in [-0.3, -0.25) is 4.79 Å². The standard InChI is InChI=1S/C18H19FN2O3/c1-24-18(23)13-6-4-7-15(11-13)20-10-9-17(22)21-12-14-5-2-3-8-16(14)19/h2-8,11,20H,9-10,12H2,1H3,(H,21,22). The van der Waals surface area contributed by atoms with Gasteiger partial charge < -0.3 is 15.4 Å². The fourth-order valence-electron chi connectivity index (χ4n) is 2.12. The molecule has 0 fully saturated rings. The number of hydrogen-bond acceptors (Lipinski definition) is 4. The molecule has 2 N–H and O–H groups in total. The van der Waals surface area contributed by atoms with Crippen molar-refractivity contribution >= 4 is 17.6 Å². The van der Waals surface area contributed by atoms with Crippen LogP contribution >= 0.6 is 0 Å². The van der Waals surface area contributed by atoms with Crippen LogP contribution in [0, 0.1) is 5.82 Å². The van der Waals surface area contributed by atoms with Crippen molar-refractivity contribution in [2.75, 3.05) is 19.0 Å². The van der Waals surface area contributed by atoms with Gasteiger partial charge in [-0.05, 0) is 24.3 Å².